The molecule has 0 spiro atoms. The van der Waals surface area contributed by atoms with Gasteiger partial charge in [-0.25, -0.2) is 13.4 Å². The van der Waals surface area contributed by atoms with Gasteiger partial charge in [0.1, 0.15) is 24.0 Å². The number of aromatic amines is 1. The number of benzene rings is 2. The van der Waals surface area contributed by atoms with Crippen molar-refractivity contribution in [2.45, 2.75) is 29.3 Å². The van der Waals surface area contributed by atoms with E-state index in [-0.39, 0.29) is 27.4 Å². The number of aromatic hydroxyl groups is 1. The molecular formula is C23H25N3O9S. The molecule has 0 saturated carbocycles. The molecule has 1 aliphatic rings. The van der Waals surface area contributed by atoms with Gasteiger partial charge in [0.05, 0.1) is 28.9 Å². The average Bonchev–Trinajstić information content (AvgIpc) is 3.37. The van der Waals surface area contributed by atoms with Gasteiger partial charge in [-0.2, -0.15) is 4.31 Å². The molecule has 4 atom stereocenters. The van der Waals surface area contributed by atoms with Crippen LogP contribution in [0.25, 0.3) is 10.9 Å². The Bertz CT molecular complexity index is 1450. The van der Waals surface area contributed by atoms with Crippen molar-refractivity contribution in [3.63, 3.8) is 0 Å². The monoisotopic (exact) mass is 519 g/mol. The lowest BCUT2D eigenvalue weighted by Crippen LogP contribution is -2.49. The minimum Gasteiger partial charge on any atom is -0.494 e. The number of aromatic nitrogens is 1. The average molecular weight is 520 g/mol. The summed E-state index contributed by atoms with van der Waals surface area (Å²) in [5, 5.41) is 59.1. The van der Waals surface area contributed by atoms with E-state index in [2.05, 4.69) is 9.98 Å². The van der Waals surface area contributed by atoms with E-state index in [1.54, 1.807) is 24.3 Å². The van der Waals surface area contributed by atoms with Crippen LogP contribution in [0.15, 0.2) is 52.4 Å². The minimum absolute atomic E-state index is 0.0437. The van der Waals surface area contributed by atoms with Gasteiger partial charge in [0.25, 0.3) is 0 Å². The van der Waals surface area contributed by atoms with E-state index in [1.807, 2.05) is 0 Å². The molecule has 0 aliphatic carbocycles. The fourth-order valence-electron chi connectivity index (χ4n) is 4.00. The fraction of sp³-hybridized carbons (Fsp3) is 0.304. The molecule has 13 heteroatoms. The van der Waals surface area contributed by atoms with Crippen LogP contribution in [0.3, 0.4) is 0 Å². The second-order valence-electron chi connectivity index (χ2n) is 8.45. The number of aliphatic hydroxyl groups excluding tert-OH is 5. The summed E-state index contributed by atoms with van der Waals surface area (Å²) in [7, 11) is -3.12. The van der Waals surface area contributed by atoms with Gasteiger partial charge in [-0.05, 0) is 30.3 Å². The fourth-order valence-corrected chi connectivity index (χ4v) is 5.22. The van der Waals surface area contributed by atoms with Crippen LogP contribution in [0, 0.1) is 0 Å². The van der Waals surface area contributed by atoms with Gasteiger partial charge >= 0.3 is 0 Å². The molecule has 192 valence electrons. The van der Waals surface area contributed by atoms with Crippen LogP contribution in [-0.2, 0) is 10.0 Å². The predicted octanol–water partition coefficient (Wildman–Crippen LogP) is -0.753. The second kappa shape index (κ2) is 9.71. The van der Waals surface area contributed by atoms with E-state index in [0.717, 1.165) is 11.4 Å². The van der Waals surface area contributed by atoms with Gasteiger partial charge in [-0.3, -0.25) is 4.79 Å². The Labute approximate surface area is 205 Å². The summed E-state index contributed by atoms with van der Waals surface area (Å²) in [6.45, 7) is -1.52. The number of aliphatic hydroxyl groups is 5. The zero-order valence-corrected chi connectivity index (χ0v) is 19.8. The molecule has 1 aliphatic heterocycles. The standard InChI is InChI=1S/C23H25N3O9S/c1-26(9-16(28)21(31)22(32)17(29)10-27)36(34,35)11-6-7-15-13(8-11)18(23(33)25-15)19-20(30)12-4-2-3-5-14(12)24-19/h2-8,16-17,21-22,25,27-29,31-33H,9-10H2,1H3/t16-,17+,21+,22+/m0/s1. The van der Waals surface area contributed by atoms with Crippen LogP contribution in [0.4, 0.5) is 5.69 Å². The maximum Gasteiger partial charge on any atom is 0.242 e. The van der Waals surface area contributed by atoms with Gasteiger partial charge in [-0.15, -0.1) is 0 Å². The van der Waals surface area contributed by atoms with Crippen molar-refractivity contribution in [2.75, 3.05) is 20.2 Å². The lowest BCUT2D eigenvalue weighted by atomic mass is 10.0. The maximum atomic E-state index is 13.2. The normalized spacial score (nSPS) is 17.2. The Morgan fingerprint density at radius 2 is 1.69 bits per heavy atom. The molecule has 0 radical (unpaired) electrons. The van der Waals surface area contributed by atoms with Crippen molar-refractivity contribution in [2.24, 2.45) is 4.99 Å². The first-order valence-corrected chi connectivity index (χ1v) is 12.3. The summed E-state index contributed by atoms with van der Waals surface area (Å²) in [4.78, 5) is 19.7. The summed E-state index contributed by atoms with van der Waals surface area (Å²) in [5.74, 6) is -0.782. The number of fused-ring (bicyclic) bond motifs is 2. The number of nitrogens with one attached hydrogen (secondary N) is 1. The molecule has 36 heavy (non-hydrogen) atoms. The Hall–Kier alpha value is -3.17. The zero-order valence-electron chi connectivity index (χ0n) is 19.0. The maximum absolute atomic E-state index is 13.2. The van der Waals surface area contributed by atoms with Crippen molar-refractivity contribution in [1.29, 1.82) is 0 Å². The molecule has 0 bridgehead atoms. The number of nitrogens with zero attached hydrogens (tertiary/aromatic N) is 2. The van der Waals surface area contributed by atoms with Crippen LogP contribution >= 0.6 is 0 Å². The number of para-hydroxylation sites is 1. The van der Waals surface area contributed by atoms with E-state index < -0.39 is 53.4 Å². The predicted molar refractivity (Wildman–Crippen MR) is 128 cm³/mol. The molecule has 7 N–H and O–H groups in total. The van der Waals surface area contributed by atoms with Crippen molar-refractivity contribution in [1.82, 2.24) is 9.29 Å². The van der Waals surface area contributed by atoms with Crippen molar-refractivity contribution in [3.8, 4) is 5.88 Å². The highest BCUT2D eigenvalue weighted by atomic mass is 32.2. The third kappa shape index (κ3) is 4.41. The Morgan fingerprint density at radius 3 is 2.36 bits per heavy atom. The largest absolute Gasteiger partial charge is 0.494 e. The number of Topliss-reactive ketones (excluding diaryl/α,β-unsaturated/α-hetero) is 1. The first-order valence-electron chi connectivity index (χ1n) is 10.8. The number of aliphatic imine (C=N–C) groups is 1. The molecule has 0 saturated heterocycles. The summed E-state index contributed by atoms with van der Waals surface area (Å²) >= 11 is 0. The Morgan fingerprint density at radius 1 is 1.03 bits per heavy atom. The molecule has 0 amide bonds. The Kier molecular flexibility index (Phi) is 6.99. The summed E-state index contributed by atoms with van der Waals surface area (Å²) < 4.78 is 27.1. The third-order valence-corrected chi connectivity index (χ3v) is 7.88. The topological polar surface area (TPSA) is 204 Å². The molecule has 3 aromatic rings. The summed E-state index contributed by atoms with van der Waals surface area (Å²) in [6, 6.07) is 10.5. The summed E-state index contributed by atoms with van der Waals surface area (Å²) in [6.07, 6.45) is -7.36. The molecule has 12 nitrogen and oxygen atoms in total. The van der Waals surface area contributed by atoms with E-state index >= 15 is 0 Å². The van der Waals surface area contributed by atoms with E-state index in [4.69, 9.17) is 5.11 Å². The van der Waals surface area contributed by atoms with Gasteiger partial charge in [0.15, 0.2) is 5.88 Å². The van der Waals surface area contributed by atoms with Gasteiger partial charge in [0.2, 0.25) is 15.8 Å². The molecule has 0 fully saturated rings. The highest BCUT2D eigenvalue weighted by Crippen LogP contribution is 2.36. The van der Waals surface area contributed by atoms with Crippen molar-refractivity contribution in [3.05, 3.63) is 53.6 Å². The van der Waals surface area contributed by atoms with Gasteiger partial charge < -0.3 is 35.6 Å². The number of carbonyl (C=O) groups excluding carboxylic acids is 1. The van der Waals surface area contributed by atoms with Gasteiger partial charge in [0, 0.05) is 30.1 Å². The number of ketones is 1. The molecule has 4 rings (SSSR count). The smallest absolute Gasteiger partial charge is 0.242 e. The molecule has 0 unspecified atom stereocenters. The molecular weight excluding hydrogens is 494 g/mol. The number of likely N-dealkylation sites (N-methyl/N-ethyl adjacent to an activating group) is 1. The summed E-state index contributed by atoms with van der Waals surface area (Å²) in [5.41, 5.74) is 1.13. The number of sulfonamides is 1. The van der Waals surface area contributed by atoms with Crippen molar-refractivity contribution >= 4 is 38.1 Å². The van der Waals surface area contributed by atoms with E-state index in [9.17, 15) is 38.7 Å². The number of rotatable bonds is 9. The zero-order chi connectivity index (χ0) is 26.4. The second-order valence-corrected chi connectivity index (χ2v) is 10.5. The van der Waals surface area contributed by atoms with E-state index in [1.165, 1.54) is 18.2 Å². The third-order valence-electron chi connectivity index (χ3n) is 6.06. The number of hydrogen-bond acceptors (Lipinski definition) is 10. The lowest BCUT2D eigenvalue weighted by Gasteiger charge is -2.28. The van der Waals surface area contributed by atoms with Gasteiger partial charge in [-0.1, -0.05) is 12.1 Å². The van der Waals surface area contributed by atoms with Crippen molar-refractivity contribution < 1.29 is 43.9 Å². The highest BCUT2D eigenvalue weighted by Gasteiger charge is 2.34. The minimum atomic E-state index is -4.26. The lowest BCUT2D eigenvalue weighted by molar-refractivity contribution is -0.116. The van der Waals surface area contributed by atoms with Crippen LogP contribution in [0.1, 0.15) is 15.9 Å². The first kappa shape index (κ1) is 25.9. The van der Waals surface area contributed by atoms with E-state index in [0.29, 0.717) is 16.8 Å². The molecule has 2 aromatic carbocycles. The Balaban J connectivity index is 1.65. The van der Waals surface area contributed by atoms with Crippen LogP contribution in [0.2, 0.25) is 0 Å². The van der Waals surface area contributed by atoms with Crippen LogP contribution in [-0.4, -0.2) is 104 Å². The van der Waals surface area contributed by atoms with Crippen LogP contribution < -0.4 is 0 Å². The first-order chi connectivity index (χ1) is 17.0. The number of carbonyl (C=O) groups is 1. The van der Waals surface area contributed by atoms with Crippen LogP contribution in [0.5, 0.6) is 5.88 Å². The highest BCUT2D eigenvalue weighted by molar-refractivity contribution is 7.89. The quantitative estimate of drug-likeness (QED) is 0.190. The number of H-pyrrole nitrogens is 1. The SMILES string of the molecule is CN(C[C@H](O)[C@@H](O)[C@H](O)[C@H](O)CO)S(=O)(=O)c1ccc2[nH]c(O)c(C3=Nc4ccccc4C3=O)c2c1. The number of hydrogen-bond donors (Lipinski definition) is 7. The molecule has 1 aromatic heterocycles. The molecule has 2 heterocycles.